The lowest BCUT2D eigenvalue weighted by atomic mass is 9.83. The number of nitrogens with zero attached hydrogens (tertiary/aromatic N) is 1. The lowest BCUT2D eigenvalue weighted by molar-refractivity contribution is -0.157. The minimum Gasteiger partial charge on any atom is -0.468 e. The van der Waals surface area contributed by atoms with Crippen LogP contribution in [0.3, 0.4) is 0 Å². The van der Waals surface area contributed by atoms with Crippen LogP contribution in [0.4, 0.5) is 0 Å². The Hall–Kier alpha value is -1.96. The molecule has 0 spiro atoms. The van der Waals surface area contributed by atoms with Crippen LogP contribution in [-0.4, -0.2) is 66.9 Å². The van der Waals surface area contributed by atoms with Gasteiger partial charge in [0.2, 0.25) is 5.91 Å². The first kappa shape index (κ1) is 31.3. The maximum atomic E-state index is 12.5. The molecule has 0 radical (unpaired) electrons. The molecule has 0 aromatic rings. The first-order chi connectivity index (χ1) is 17.3. The minimum absolute atomic E-state index is 0.0682. The zero-order valence-electron chi connectivity index (χ0n) is 24.4. The summed E-state index contributed by atoms with van der Waals surface area (Å²) in [5.41, 5.74) is 0. The third-order valence-electron chi connectivity index (χ3n) is 8.88. The first-order valence-electron chi connectivity index (χ1n) is 14.1. The third kappa shape index (κ3) is 7.55. The van der Waals surface area contributed by atoms with Gasteiger partial charge in [0.15, 0.2) is 0 Å². The Bertz CT molecular complexity index is 812. The van der Waals surface area contributed by atoms with E-state index >= 15 is 0 Å². The number of esters is 2. The molecule has 212 valence electrons. The van der Waals surface area contributed by atoms with Crippen molar-refractivity contribution in [2.24, 2.45) is 35.5 Å². The van der Waals surface area contributed by atoms with E-state index in [4.69, 9.17) is 9.47 Å². The molecule has 3 aliphatic heterocycles. The van der Waals surface area contributed by atoms with Gasteiger partial charge in [0.1, 0.15) is 17.9 Å². The molecule has 1 N–H and O–H groups in total. The van der Waals surface area contributed by atoms with Crippen molar-refractivity contribution >= 4 is 23.6 Å². The number of ketones is 1. The Kier molecular flexibility index (Phi) is 11.6. The van der Waals surface area contributed by atoms with Crippen LogP contribution in [0.5, 0.6) is 0 Å². The van der Waals surface area contributed by atoms with Gasteiger partial charge in [-0.15, -0.1) is 0 Å². The average Bonchev–Trinajstić information content (AvgIpc) is 3.38. The second kappa shape index (κ2) is 13.7. The van der Waals surface area contributed by atoms with Crippen molar-refractivity contribution in [3.8, 4) is 0 Å². The topological polar surface area (TPSA) is 102 Å². The normalized spacial score (nSPS) is 32.0. The van der Waals surface area contributed by atoms with E-state index in [1.807, 2.05) is 4.90 Å². The minimum atomic E-state index is -0.357. The molecule has 37 heavy (non-hydrogen) atoms. The Morgan fingerprint density at radius 2 is 1.59 bits per heavy atom. The Morgan fingerprint density at radius 1 is 0.973 bits per heavy atom. The van der Waals surface area contributed by atoms with Gasteiger partial charge in [-0.2, -0.15) is 0 Å². The molecule has 8 atom stereocenters. The molecular weight excluding hydrogens is 472 g/mol. The van der Waals surface area contributed by atoms with Crippen LogP contribution in [0.1, 0.15) is 87.0 Å². The highest BCUT2D eigenvalue weighted by atomic mass is 16.5. The number of nitrogens with one attached hydrogen (secondary N) is 1. The van der Waals surface area contributed by atoms with Gasteiger partial charge < -0.3 is 19.7 Å². The molecule has 0 bridgehead atoms. The van der Waals surface area contributed by atoms with Gasteiger partial charge in [-0.1, -0.05) is 41.5 Å². The van der Waals surface area contributed by atoms with Crippen molar-refractivity contribution < 1.29 is 28.7 Å². The van der Waals surface area contributed by atoms with Crippen molar-refractivity contribution in [3.05, 3.63) is 0 Å². The Labute approximate surface area is 223 Å². The number of methoxy groups -OCH3 is 2. The van der Waals surface area contributed by atoms with Gasteiger partial charge >= 0.3 is 11.9 Å². The van der Waals surface area contributed by atoms with Crippen LogP contribution in [0.15, 0.2) is 0 Å². The van der Waals surface area contributed by atoms with E-state index in [-0.39, 0.29) is 53.6 Å². The van der Waals surface area contributed by atoms with Crippen molar-refractivity contribution in [1.82, 2.24) is 10.2 Å². The van der Waals surface area contributed by atoms with E-state index in [1.165, 1.54) is 14.2 Å². The maximum absolute atomic E-state index is 12.5. The largest absolute Gasteiger partial charge is 0.468 e. The van der Waals surface area contributed by atoms with Crippen LogP contribution in [0.2, 0.25) is 0 Å². The summed E-state index contributed by atoms with van der Waals surface area (Å²) >= 11 is 0. The number of carbonyl (C=O) groups is 4. The quantitative estimate of drug-likeness (QED) is 0.481. The number of rotatable bonds is 8. The molecule has 0 aromatic carbocycles. The van der Waals surface area contributed by atoms with Crippen LogP contribution < -0.4 is 5.32 Å². The summed E-state index contributed by atoms with van der Waals surface area (Å²) in [6.45, 7) is 14.3. The van der Waals surface area contributed by atoms with Gasteiger partial charge in [-0.05, 0) is 69.1 Å². The second-order valence-electron chi connectivity index (χ2n) is 12.1. The molecule has 3 rings (SSSR count). The third-order valence-corrected chi connectivity index (χ3v) is 8.88. The highest BCUT2D eigenvalue weighted by Crippen LogP contribution is 2.40. The molecule has 0 saturated carbocycles. The monoisotopic (exact) mass is 522 g/mol. The zero-order valence-corrected chi connectivity index (χ0v) is 24.4. The van der Waals surface area contributed by atoms with Gasteiger partial charge in [0.05, 0.1) is 14.2 Å². The standard InChI is InChI=1S/C15H27NO3.C14H23NO3/c1-9(2)12(11(4)17)6-7-13-10(3)8-14(16-13)15(18)19-5;1-8(2)10-5-6-11-9(3)7-12(14(17)18-4)15(11)13(10)16/h9-10,12-14,16H,6-8H2,1-5H3;8-12H,5-7H2,1-4H3/t10-,12?,13-,14+;9-,10-,11-,12+/m11/s1. The molecule has 8 heteroatoms. The van der Waals surface area contributed by atoms with Crippen LogP contribution in [-0.2, 0) is 28.7 Å². The average molecular weight is 523 g/mol. The second-order valence-corrected chi connectivity index (χ2v) is 12.1. The fourth-order valence-corrected chi connectivity index (χ4v) is 6.56. The van der Waals surface area contributed by atoms with Crippen LogP contribution >= 0.6 is 0 Å². The molecule has 8 nitrogen and oxygen atoms in total. The number of hydrogen-bond acceptors (Lipinski definition) is 7. The maximum Gasteiger partial charge on any atom is 0.328 e. The van der Waals surface area contributed by atoms with Gasteiger partial charge in [-0.3, -0.25) is 14.4 Å². The summed E-state index contributed by atoms with van der Waals surface area (Å²) in [4.78, 5) is 49.3. The number of fused-ring (bicyclic) bond motifs is 1. The molecule has 3 fully saturated rings. The van der Waals surface area contributed by atoms with Crippen molar-refractivity contribution in [1.29, 1.82) is 0 Å². The molecule has 0 aromatic heterocycles. The highest BCUT2D eigenvalue weighted by molar-refractivity contribution is 5.87. The van der Waals surface area contributed by atoms with Crippen molar-refractivity contribution in [2.45, 2.75) is 111 Å². The van der Waals surface area contributed by atoms with E-state index in [1.54, 1.807) is 6.92 Å². The fraction of sp³-hybridized carbons (Fsp3) is 0.862. The number of piperidine rings is 1. The molecule has 3 heterocycles. The highest BCUT2D eigenvalue weighted by Gasteiger charge is 2.50. The summed E-state index contributed by atoms with van der Waals surface area (Å²) in [6.07, 6.45) is 5.37. The van der Waals surface area contributed by atoms with Crippen LogP contribution in [0.25, 0.3) is 0 Å². The first-order valence-corrected chi connectivity index (χ1v) is 14.1. The molecule has 1 amide bonds. The lowest BCUT2D eigenvalue weighted by Gasteiger charge is -2.39. The van der Waals surface area contributed by atoms with Crippen LogP contribution in [0, 0.1) is 35.5 Å². The lowest BCUT2D eigenvalue weighted by Crippen LogP contribution is -2.52. The number of carbonyl (C=O) groups excluding carboxylic acids is 4. The molecular formula is C29H50N2O6. The van der Waals surface area contributed by atoms with Gasteiger partial charge in [-0.25, -0.2) is 4.79 Å². The zero-order chi connectivity index (χ0) is 28.0. The molecule has 0 aliphatic carbocycles. The Morgan fingerprint density at radius 3 is 2.11 bits per heavy atom. The fourth-order valence-electron chi connectivity index (χ4n) is 6.56. The molecule has 1 unspecified atom stereocenters. The van der Waals surface area contributed by atoms with Gasteiger partial charge in [0.25, 0.3) is 0 Å². The smallest absolute Gasteiger partial charge is 0.328 e. The molecule has 3 aliphatic rings. The summed E-state index contributed by atoms with van der Waals surface area (Å²) in [5, 5.41) is 3.34. The Balaban J connectivity index is 0.000000260. The van der Waals surface area contributed by atoms with Gasteiger partial charge in [0, 0.05) is 23.9 Å². The number of hydrogen-bond donors (Lipinski definition) is 1. The summed E-state index contributed by atoms with van der Waals surface area (Å²) in [7, 11) is 2.82. The number of Topliss-reactive ketones (excluding diaryl/α,β-unsaturated/α-hetero) is 1. The summed E-state index contributed by atoms with van der Waals surface area (Å²) in [5.74, 6) is 1.74. The SMILES string of the molecule is COC(=O)[C@@H]1C[C@@H](C)[C@@H](CCC(C(C)=O)C(C)C)N1.COC(=O)[C@@H]1C[C@@H](C)[C@H]2CC[C@H](C(C)C)C(=O)N21. The number of ether oxygens (including phenoxy) is 2. The molecule has 3 saturated heterocycles. The van der Waals surface area contributed by atoms with E-state index < -0.39 is 0 Å². The summed E-state index contributed by atoms with van der Waals surface area (Å²) in [6, 6.07) is 0.00479. The van der Waals surface area contributed by atoms with E-state index in [0.717, 1.165) is 38.5 Å². The van der Waals surface area contributed by atoms with E-state index in [9.17, 15) is 19.2 Å². The van der Waals surface area contributed by atoms with Crippen molar-refractivity contribution in [2.75, 3.05) is 14.2 Å². The van der Waals surface area contributed by atoms with Crippen molar-refractivity contribution in [3.63, 3.8) is 0 Å². The summed E-state index contributed by atoms with van der Waals surface area (Å²) < 4.78 is 9.62. The predicted octanol–water partition coefficient (Wildman–Crippen LogP) is 4.00. The number of amides is 1. The van der Waals surface area contributed by atoms with E-state index in [2.05, 4.69) is 46.9 Å². The van der Waals surface area contributed by atoms with E-state index in [0.29, 0.717) is 29.7 Å². The predicted molar refractivity (Wildman–Crippen MR) is 143 cm³/mol.